The zero-order valence-electron chi connectivity index (χ0n) is 15.2. The Morgan fingerprint density at radius 3 is 3.00 bits per heavy atom. The molecule has 1 aromatic rings. The third-order valence-electron chi connectivity index (χ3n) is 4.17. The molecule has 134 valence electrons. The molecule has 1 aliphatic rings. The highest BCUT2D eigenvalue weighted by Crippen LogP contribution is 2.23. The van der Waals surface area contributed by atoms with Gasteiger partial charge in [0.2, 0.25) is 0 Å². The molecule has 0 aromatic heterocycles. The van der Waals surface area contributed by atoms with Crippen LogP contribution < -0.4 is 15.8 Å². The molecule has 2 rings (SSSR count). The Morgan fingerprint density at radius 1 is 1.46 bits per heavy atom. The van der Waals surface area contributed by atoms with Gasteiger partial charge in [0.1, 0.15) is 5.75 Å². The lowest BCUT2D eigenvalue weighted by atomic mass is 10.1. The number of nitrogens with zero attached hydrogens (tertiary/aromatic N) is 1. The Hall–Kier alpha value is -1.75. The zero-order chi connectivity index (χ0) is 17.4. The first kappa shape index (κ1) is 18.6. The molecule has 0 saturated carbocycles. The number of nitrogens with one attached hydrogen (secondary N) is 1. The minimum absolute atomic E-state index is 0.490. The van der Waals surface area contributed by atoms with E-state index in [9.17, 15) is 0 Å². The average Bonchev–Trinajstić information content (AvgIpc) is 3.05. The summed E-state index contributed by atoms with van der Waals surface area (Å²) in [7, 11) is 0. The van der Waals surface area contributed by atoms with Crippen LogP contribution in [0.5, 0.6) is 5.75 Å². The second-order valence-corrected chi connectivity index (χ2v) is 6.96. The average molecular weight is 333 g/mol. The highest BCUT2D eigenvalue weighted by Gasteiger charge is 2.17. The Kier molecular flexibility index (Phi) is 7.37. The van der Waals surface area contributed by atoms with E-state index in [0.717, 1.165) is 43.9 Å². The van der Waals surface area contributed by atoms with Crippen LogP contribution in [0.15, 0.2) is 23.2 Å². The molecule has 1 aliphatic heterocycles. The smallest absolute Gasteiger partial charge is 0.188 e. The lowest BCUT2D eigenvalue weighted by Gasteiger charge is -2.14. The molecule has 0 radical (unpaired) electrons. The molecule has 1 aromatic carbocycles. The molecule has 24 heavy (non-hydrogen) atoms. The van der Waals surface area contributed by atoms with Gasteiger partial charge >= 0.3 is 0 Å². The van der Waals surface area contributed by atoms with Gasteiger partial charge in [0.05, 0.1) is 19.8 Å². The highest BCUT2D eigenvalue weighted by molar-refractivity contribution is 5.77. The summed E-state index contributed by atoms with van der Waals surface area (Å²) in [6.07, 6.45) is 2.16. The van der Waals surface area contributed by atoms with E-state index in [1.807, 2.05) is 0 Å². The predicted octanol–water partition coefficient (Wildman–Crippen LogP) is 2.86. The minimum atomic E-state index is 0.490. The zero-order valence-corrected chi connectivity index (χ0v) is 15.2. The van der Waals surface area contributed by atoms with Crippen LogP contribution in [0.4, 0.5) is 0 Å². The van der Waals surface area contributed by atoms with Gasteiger partial charge in [0, 0.05) is 24.6 Å². The molecule has 0 aliphatic carbocycles. The standard InChI is InChI=1S/C19H31N3O2/c1-14(2)6-8-21-19(20)22-11-17-5-4-15(3)10-18(17)24-13-16-7-9-23-12-16/h4-5,10,14,16H,6-9,11-13H2,1-3H3,(H3,20,21,22). The second kappa shape index (κ2) is 9.52. The van der Waals surface area contributed by atoms with E-state index in [1.165, 1.54) is 5.56 Å². The Bertz CT molecular complexity index is 537. The fourth-order valence-electron chi connectivity index (χ4n) is 2.56. The molecular formula is C19H31N3O2. The first-order valence-electron chi connectivity index (χ1n) is 8.88. The molecule has 5 heteroatoms. The van der Waals surface area contributed by atoms with E-state index in [0.29, 0.717) is 30.9 Å². The van der Waals surface area contributed by atoms with Crippen LogP contribution in [0.3, 0.4) is 0 Å². The van der Waals surface area contributed by atoms with Crippen LogP contribution in [-0.4, -0.2) is 32.3 Å². The summed E-state index contributed by atoms with van der Waals surface area (Å²) in [6, 6.07) is 6.22. The molecule has 0 amide bonds. The van der Waals surface area contributed by atoms with E-state index in [1.54, 1.807) is 0 Å². The van der Waals surface area contributed by atoms with Gasteiger partial charge in [0.25, 0.3) is 0 Å². The van der Waals surface area contributed by atoms with Crippen molar-refractivity contribution in [3.63, 3.8) is 0 Å². The van der Waals surface area contributed by atoms with Crippen LogP contribution in [0.1, 0.15) is 37.8 Å². The van der Waals surface area contributed by atoms with Crippen molar-refractivity contribution in [3.8, 4) is 5.75 Å². The van der Waals surface area contributed by atoms with Crippen molar-refractivity contribution >= 4 is 5.96 Å². The summed E-state index contributed by atoms with van der Waals surface area (Å²) < 4.78 is 11.4. The van der Waals surface area contributed by atoms with Crippen molar-refractivity contribution in [2.45, 2.75) is 40.2 Å². The fraction of sp³-hybridized carbons (Fsp3) is 0.632. The quantitative estimate of drug-likeness (QED) is 0.567. The van der Waals surface area contributed by atoms with Gasteiger partial charge in [-0.25, -0.2) is 4.99 Å². The number of hydrogen-bond donors (Lipinski definition) is 2. The van der Waals surface area contributed by atoms with Gasteiger partial charge in [-0.1, -0.05) is 26.0 Å². The van der Waals surface area contributed by atoms with Crippen LogP contribution in [0, 0.1) is 18.8 Å². The van der Waals surface area contributed by atoms with Crippen molar-refractivity contribution in [2.75, 3.05) is 26.4 Å². The monoisotopic (exact) mass is 333 g/mol. The maximum atomic E-state index is 6.04. The Morgan fingerprint density at radius 2 is 2.29 bits per heavy atom. The molecule has 1 atom stereocenters. The molecular weight excluding hydrogens is 302 g/mol. The second-order valence-electron chi connectivity index (χ2n) is 6.96. The lowest BCUT2D eigenvalue weighted by Crippen LogP contribution is -2.32. The number of rotatable bonds is 8. The molecule has 1 unspecified atom stereocenters. The fourth-order valence-corrected chi connectivity index (χ4v) is 2.56. The van der Waals surface area contributed by atoms with E-state index in [2.05, 4.69) is 49.3 Å². The van der Waals surface area contributed by atoms with Gasteiger partial charge in [-0.15, -0.1) is 0 Å². The maximum Gasteiger partial charge on any atom is 0.188 e. The van der Waals surface area contributed by atoms with Gasteiger partial charge in [-0.05, 0) is 37.3 Å². The topological polar surface area (TPSA) is 68.9 Å². The summed E-state index contributed by atoms with van der Waals surface area (Å²) in [5.41, 5.74) is 8.19. The van der Waals surface area contributed by atoms with Gasteiger partial charge in [-0.3, -0.25) is 0 Å². The molecule has 1 heterocycles. The highest BCUT2D eigenvalue weighted by atomic mass is 16.5. The normalized spacial score (nSPS) is 18.2. The third-order valence-corrected chi connectivity index (χ3v) is 4.17. The summed E-state index contributed by atoms with van der Waals surface area (Å²) >= 11 is 0. The molecule has 5 nitrogen and oxygen atoms in total. The number of ether oxygens (including phenoxy) is 2. The number of benzene rings is 1. The van der Waals surface area contributed by atoms with E-state index >= 15 is 0 Å². The van der Waals surface area contributed by atoms with E-state index < -0.39 is 0 Å². The van der Waals surface area contributed by atoms with Gasteiger partial charge < -0.3 is 20.5 Å². The van der Waals surface area contributed by atoms with Crippen molar-refractivity contribution in [3.05, 3.63) is 29.3 Å². The maximum absolute atomic E-state index is 6.04. The first-order chi connectivity index (χ1) is 11.5. The molecule has 0 spiro atoms. The molecule has 1 fully saturated rings. The van der Waals surface area contributed by atoms with Crippen LogP contribution in [-0.2, 0) is 11.3 Å². The van der Waals surface area contributed by atoms with Crippen LogP contribution in [0.25, 0.3) is 0 Å². The van der Waals surface area contributed by atoms with Crippen molar-refractivity contribution in [1.29, 1.82) is 0 Å². The SMILES string of the molecule is Cc1ccc(CN=C(N)NCCC(C)C)c(OCC2CCOC2)c1. The third kappa shape index (κ3) is 6.40. The first-order valence-corrected chi connectivity index (χ1v) is 8.88. The Balaban J connectivity index is 1.90. The number of guanidine groups is 1. The van der Waals surface area contributed by atoms with Crippen molar-refractivity contribution in [1.82, 2.24) is 5.32 Å². The lowest BCUT2D eigenvalue weighted by molar-refractivity contribution is 0.166. The number of hydrogen-bond acceptors (Lipinski definition) is 3. The summed E-state index contributed by atoms with van der Waals surface area (Å²) in [5, 5.41) is 3.16. The van der Waals surface area contributed by atoms with Crippen molar-refractivity contribution < 1.29 is 9.47 Å². The molecule has 0 bridgehead atoms. The largest absolute Gasteiger partial charge is 0.493 e. The minimum Gasteiger partial charge on any atom is -0.493 e. The van der Waals surface area contributed by atoms with Crippen molar-refractivity contribution in [2.24, 2.45) is 22.6 Å². The van der Waals surface area contributed by atoms with Crippen LogP contribution >= 0.6 is 0 Å². The molecule has 3 N–H and O–H groups in total. The number of aryl methyl sites for hydroxylation is 1. The summed E-state index contributed by atoms with van der Waals surface area (Å²) in [5.74, 6) is 2.54. The Labute approximate surface area is 145 Å². The molecule has 1 saturated heterocycles. The summed E-state index contributed by atoms with van der Waals surface area (Å²) in [6.45, 7) is 10.2. The number of nitrogens with two attached hydrogens (primary N) is 1. The summed E-state index contributed by atoms with van der Waals surface area (Å²) in [4.78, 5) is 4.44. The van der Waals surface area contributed by atoms with E-state index in [4.69, 9.17) is 15.2 Å². The van der Waals surface area contributed by atoms with Gasteiger partial charge in [-0.2, -0.15) is 0 Å². The predicted molar refractivity (Wildman–Crippen MR) is 98.4 cm³/mol. The van der Waals surface area contributed by atoms with E-state index in [-0.39, 0.29) is 0 Å². The number of aliphatic imine (C=N–C) groups is 1. The van der Waals surface area contributed by atoms with Gasteiger partial charge in [0.15, 0.2) is 5.96 Å². The van der Waals surface area contributed by atoms with Crippen LogP contribution in [0.2, 0.25) is 0 Å².